The lowest BCUT2D eigenvalue weighted by Crippen LogP contribution is -1.96. The Morgan fingerprint density at radius 2 is 1.83 bits per heavy atom. The Bertz CT molecular complexity index is 667. The molecule has 1 aromatic carbocycles. The highest BCUT2D eigenvalue weighted by Gasteiger charge is 2.04. The van der Waals surface area contributed by atoms with E-state index in [9.17, 15) is 4.79 Å². The van der Waals surface area contributed by atoms with Crippen LogP contribution in [0.25, 0.3) is 5.76 Å². The summed E-state index contributed by atoms with van der Waals surface area (Å²) in [6.45, 7) is 9.22. The summed E-state index contributed by atoms with van der Waals surface area (Å²) in [6, 6.07) is 6.18. The van der Waals surface area contributed by atoms with Crippen molar-refractivity contribution < 1.29 is 19.5 Å². The summed E-state index contributed by atoms with van der Waals surface area (Å²) in [4.78, 5) is 16.0. The maximum Gasteiger partial charge on any atom is 0.335 e. The van der Waals surface area contributed by atoms with Crippen molar-refractivity contribution in [3.63, 3.8) is 0 Å². The molecule has 120 valence electrons. The Morgan fingerprint density at radius 3 is 2.35 bits per heavy atom. The summed E-state index contributed by atoms with van der Waals surface area (Å²) in [5.41, 5.74) is 1.70. The molecule has 5 heteroatoms. The fourth-order valence-corrected chi connectivity index (χ4v) is 1.50. The molecule has 0 atom stereocenters. The number of carboxylic acids is 1. The Hall–Kier alpha value is -3.08. The van der Waals surface area contributed by atoms with Crippen LogP contribution in [0.3, 0.4) is 0 Å². The van der Waals surface area contributed by atoms with Crippen molar-refractivity contribution in [1.29, 1.82) is 0 Å². The second-order valence-electron chi connectivity index (χ2n) is 4.52. The standard InChI is InChI=1S/C18H19NO4/c1-5-17(22-4)11-6-13(2)12-19-23-14(3)15-7-9-16(10-8-15)18(20)21/h5-12H,1,3H2,2,4H3,(H,20,21)/b13-6+,17-11+,19-12+. The van der Waals surface area contributed by atoms with Crippen molar-refractivity contribution in [2.75, 3.05) is 7.11 Å². The smallest absolute Gasteiger partial charge is 0.335 e. The predicted octanol–water partition coefficient (Wildman–Crippen LogP) is 4.02. The molecule has 0 aromatic heterocycles. The summed E-state index contributed by atoms with van der Waals surface area (Å²) in [7, 11) is 1.56. The lowest BCUT2D eigenvalue weighted by Gasteiger charge is -2.03. The molecule has 0 spiro atoms. The normalized spacial score (nSPS) is 12.1. The molecule has 0 bridgehead atoms. The van der Waals surface area contributed by atoms with Crippen LogP contribution in [0, 0.1) is 0 Å². The van der Waals surface area contributed by atoms with Gasteiger partial charge in [-0.05, 0) is 36.8 Å². The van der Waals surface area contributed by atoms with E-state index in [0.29, 0.717) is 17.1 Å². The molecule has 0 saturated heterocycles. The number of ether oxygens (including phenoxy) is 1. The lowest BCUT2D eigenvalue weighted by molar-refractivity contribution is 0.0697. The number of hydrogen-bond donors (Lipinski definition) is 1. The number of aromatic carboxylic acids is 1. The molecule has 5 nitrogen and oxygen atoms in total. The molecule has 1 rings (SSSR count). The molecule has 0 radical (unpaired) electrons. The first-order valence-electron chi connectivity index (χ1n) is 6.76. The minimum atomic E-state index is -0.982. The van der Waals surface area contributed by atoms with E-state index >= 15 is 0 Å². The van der Waals surface area contributed by atoms with Crippen LogP contribution in [0.15, 0.2) is 72.1 Å². The fourth-order valence-electron chi connectivity index (χ4n) is 1.50. The van der Waals surface area contributed by atoms with Gasteiger partial charge in [-0.1, -0.05) is 36.5 Å². The van der Waals surface area contributed by atoms with Gasteiger partial charge in [0.2, 0.25) is 0 Å². The molecule has 1 N–H and O–H groups in total. The summed E-state index contributed by atoms with van der Waals surface area (Å²) in [5.74, 6) is -0.0170. The maximum atomic E-state index is 10.8. The summed E-state index contributed by atoms with van der Waals surface area (Å²) >= 11 is 0. The van der Waals surface area contributed by atoms with Gasteiger partial charge in [-0.2, -0.15) is 0 Å². The highest BCUT2D eigenvalue weighted by molar-refractivity contribution is 5.87. The summed E-state index contributed by atoms with van der Waals surface area (Å²) in [6.07, 6.45) is 6.69. The molecule has 0 unspecified atom stereocenters. The number of benzene rings is 1. The molecule has 0 amide bonds. The third-order valence-corrected chi connectivity index (χ3v) is 2.82. The van der Waals surface area contributed by atoms with Crippen molar-refractivity contribution in [2.45, 2.75) is 6.92 Å². The molecule has 0 fully saturated rings. The van der Waals surface area contributed by atoms with E-state index in [1.807, 2.05) is 6.92 Å². The molecule has 0 saturated carbocycles. The number of rotatable bonds is 8. The van der Waals surface area contributed by atoms with Crippen molar-refractivity contribution >= 4 is 17.9 Å². The zero-order chi connectivity index (χ0) is 17.2. The summed E-state index contributed by atoms with van der Waals surface area (Å²) < 4.78 is 5.04. The van der Waals surface area contributed by atoms with Crippen molar-refractivity contribution in [3.8, 4) is 0 Å². The summed E-state index contributed by atoms with van der Waals surface area (Å²) in [5, 5.41) is 12.7. The topological polar surface area (TPSA) is 68.1 Å². The van der Waals surface area contributed by atoms with Gasteiger partial charge < -0.3 is 14.7 Å². The molecule has 1 aromatic rings. The van der Waals surface area contributed by atoms with Crippen LogP contribution in [-0.2, 0) is 9.57 Å². The minimum Gasteiger partial charge on any atom is -0.497 e. The van der Waals surface area contributed by atoms with Gasteiger partial charge in [0.05, 0.1) is 18.9 Å². The molecule has 0 heterocycles. The molecule has 0 aliphatic rings. The van der Waals surface area contributed by atoms with Gasteiger partial charge >= 0.3 is 5.97 Å². The quantitative estimate of drug-likeness (QED) is 0.341. The molecular weight excluding hydrogens is 294 g/mol. The third kappa shape index (κ3) is 6.05. The Labute approximate surface area is 135 Å². The molecule has 0 aliphatic carbocycles. The van der Waals surface area contributed by atoms with Gasteiger partial charge in [0.1, 0.15) is 5.76 Å². The molecule has 0 aliphatic heterocycles. The Morgan fingerprint density at radius 1 is 1.22 bits per heavy atom. The lowest BCUT2D eigenvalue weighted by atomic mass is 10.1. The van der Waals surface area contributed by atoms with E-state index in [4.69, 9.17) is 14.7 Å². The van der Waals surface area contributed by atoms with Gasteiger partial charge in [-0.15, -0.1) is 0 Å². The number of allylic oxidation sites excluding steroid dienone is 4. The highest BCUT2D eigenvalue weighted by Crippen LogP contribution is 2.15. The van der Waals surface area contributed by atoms with Crippen LogP contribution in [-0.4, -0.2) is 24.4 Å². The van der Waals surface area contributed by atoms with Crippen LogP contribution >= 0.6 is 0 Å². The largest absolute Gasteiger partial charge is 0.497 e. The number of methoxy groups -OCH3 is 1. The minimum absolute atomic E-state index is 0.201. The van der Waals surface area contributed by atoms with E-state index in [2.05, 4.69) is 18.3 Å². The van der Waals surface area contributed by atoms with Crippen LogP contribution in [0.1, 0.15) is 22.8 Å². The average Bonchev–Trinajstić information content (AvgIpc) is 2.55. The van der Waals surface area contributed by atoms with E-state index in [0.717, 1.165) is 5.57 Å². The van der Waals surface area contributed by atoms with Gasteiger partial charge in [0, 0.05) is 5.56 Å². The number of hydrogen-bond acceptors (Lipinski definition) is 4. The predicted molar refractivity (Wildman–Crippen MR) is 91.1 cm³/mol. The molecular formula is C18H19NO4. The molecule has 23 heavy (non-hydrogen) atoms. The average molecular weight is 313 g/mol. The van der Waals surface area contributed by atoms with Gasteiger partial charge in [-0.3, -0.25) is 0 Å². The first kappa shape index (κ1) is 18.0. The van der Waals surface area contributed by atoms with Crippen molar-refractivity contribution in [1.82, 2.24) is 0 Å². The van der Waals surface area contributed by atoms with E-state index < -0.39 is 5.97 Å². The monoisotopic (exact) mass is 313 g/mol. The van der Waals surface area contributed by atoms with Crippen molar-refractivity contribution in [3.05, 3.63) is 78.1 Å². The highest BCUT2D eigenvalue weighted by atomic mass is 16.6. The zero-order valence-electron chi connectivity index (χ0n) is 13.2. The van der Waals surface area contributed by atoms with Crippen LogP contribution in [0.2, 0.25) is 0 Å². The number of oxime groups is 1. The number of carboxylic acid groups (broad SMARTS) is 1. The Kier molecular flexibility index (Phi) is 7.07. The SMILES string of the molecule is C=C\C(=C/C=C(C)/C=N/OC(=C)c1ccc(C(=O)O)cc1)OC. The second kappa shape index (κ2) is 9.04. The van der Waals surface area contributed by atoms with Gasteiger partial charge in [0.25, 0.3) is 0 Å². The van der Waals surface area contributed by atoms with E-state index in [1.165, 1.54) is 18.3 Å². The van der Waals surface area contributed by atoms with Gasteiger partial charge in [0.15, 0.2) is 5.76 Å². The van der Waals surface area contributed by atoms with Crippen LogP contribution < -0.4 is 0 Å². The van der Waals surface area contributed by atoms with Crippen molar-refractivity contribution in [2.24, 2.45) is 5.16 Å². The second-order valence-corrected chi connectivity index (χ2v) is 4.52. The van der Waals surface area contributed by atoms with Crippen LogP contribution in [0.4, 0.5) is 0 Å². The first-order chi connectivity index (χ1) is 11.0. The van der Waals surface area contributed by atoms with Gasteiger partial charge in [-0.25, -0.2) is 4.79 Å². The van der Waals surface area contributed by atoms with E-state index in [-0.39, 0.29) is 5.56 Å². The Balaban J connectivity index is 2.64. The fraction of sp³-hybridized carbons (Fsp3) is 0.111. The third-order valence-electron chi connectivity index (χ3n) is 2.82. The van der Waals surface area contributed by atoms with E-state index in [1.54, 1.807) is 37.5 Å². The first-order valence-corrected chi connectivity index (χ1v) is 6.76. The maximum absolute atomic E-state index is 10.8. The number of nitrogens with zero attached hydrogens (tertiary/aromatic N) is 1. The zero-order valence-corrected chi connectivity index (χ0v) is 13.2. The number of carbonyl (C=O) groups is 1. The van der Waals surface area contributed by atoms with Crippen LogP contribution in [0.5, 0.6) is 0 Å².